The number of hydrogen-bond donors (Lipinski definition) is 0. The Kier molecular flexibility index (Phi) is 4.69. The van der Waals surface area contributed by atoms with Gasteiger partial charge in [0.25, 0.3) is 0 Å². The van der Waals surface area contributed by atoms with Crippen molar-refractivity contribution in [2.24, 2.45) is 7.05 Å². The molecule has 0 aliphatic heterocycles. The summed E-state index contributed by atoms with van der Waals surface area (Å²) in [7, 11) is 4.74. The molecule has 8 nitrogen and oxygen atoms in total. The lowest BCUT2D eigenvalue weighted by atomic mass is 10.1. The van der Waals surface area contributed by atoms with Gasteiger partial charge in [-0.15, -0.1) is 5.10 Å². The van der Waals surface area contributed by atoms with Crippen molar-refractivity contribution in [1.29, 1.82) is 0 Å². The van der Waals surface area contributed by atoms with E-state index in [2.05, 4.69) is 10.3 Å². The molecular formula is C17H17N3O5. The van der Waals surface area contributed by atoms with Crippen LogP contribution in [0.3, 0.4) is 0 Å². The maximum Gasteiger partial charge on any atom is 0.345 e. The number of nitrogens with zero attached hydrogens (tertiary/aromatic N) is 3. The first-order valence-electron chi connectivity index (χ1n) is 7.45. The third-order valence-corrected chi connectivity index (χ3v) is 3.49. The van der Waals surface area contributed by atoms with Crippen LogP contribution < -0.4 is 9.47 Å². The molecule has 0 saturated heterocycles. The van der Waals surface area contributed by atoms with Crippen molar-refractivity contribution >= 4 is 5.97 Å². The van der Waals surface area contributed by atoms with Gasteiger partial charge < -0.3 is 18.7 Å². The average molecular weight is 343 g/mol. The number of benzene rings is 1. The Morgan fingerprint density at radius 3 is 2.64 bits per heavy atom. The van der Waals surface area contributed by atoms with Crippen LogP contribution in [-0.2, 0) is 18.4 Å². The number of aromatic nitrogens is 3. The molecule has 2 aromatic heterocycles. The molecule has 0 radical (unpaired) electrons. The quantitative estimate of drug-likeness (QED) is 0.635. The monoisotopic (exact) mass is 343 g/mol. The summed E-state index contributed by atoms with van der Waals surface area (Å²) in [5, 5.41) is 7.93. The van der Waals surface area contributed by atoms with Crippen LogP contribution in [0, 0.1) is 0 Å². The molecule has 0 atom stereocenters. The summed E-state index contributed by atoms with van der Waals surface area (Å²) in [4.78, 5) is 12.1. The summed E-state index contributed by atoms with van der Waals surface area (Å²) in [6.07, 6.45) is 1.53. The molecule has 0 saturated carbocycles. The molecule has 0 spiro atoms. The molecule has 0 aliphatic carbocycles. The van der Waals surface area contributed by atoms with Crippen molar-refractivity contribution in [3.05, 3.63) is 47.8 Å². The summed E-state index contributed by atoms with van der Waals surface area (Å²) in [5.41, 5.74) is 1.60. The van der Waals surface area contributed by atoms with Gasteiger partial charge in [-0.25, -0.2) is 4.79 Å². The second-order valence-corrected chi connectivity index (χ2v) is 5.21. The normalized spacial score (nSPS) is 10.5. The van der Waals surface area contributed by atoms with E-state index in [9.17, 15) is 4.79 Å². The minimum atomic E-state index is -0.543. The van der Waals surface area contributed by atoms with E-state index < -0.39 is 5.97 Å². The van der Waals surface area contributed by atoms with Crippen molar-refractivity contribution in [2.45, 2.75) is 6.61 Å². The Labute approximate surface area is 143 Å². The summed E-state index contributed by atoms with van der Waals surface area (Å²) >= 11 is 0. The predicted octanol–water partition coefficient (Wildman–Crippen LogP) is 2.45. The van der Waals surface area contributed by atoms with Gasteiger partial charge in [0.05, 0.1) is 14.2 Å². The molecule has 25 heavy (non-hydrogen) atoms. The van der Waals surface area contributed by atoms with Crippen molar-refractivity contribution in [3.8, 4) is 23.0 Å². The van der Waals surface area contributed by atoms with Crippen molar-refractivity contribution in [3.63, 3.8) is 0 Å². The summed E-state index contributed by atoms with van der Waals surface area (Å²) < 4.78 is 22.2. The molecule has 0 unspecified atom stereocenters. The number of ether oxygens (including phenoxy) is 3. The Balaban J connectivity index is 1.66. The van der Waals surface area contributed by atoms with Crippen molar-refractivity contribution < 1.29 is 23.5 Å². The largest absolute Gasteiger partial charge is 0.497 e. The van der Waals surface area contributed by atoms with Crippen LogP contribution in [-0.4, -0.2) is 35.1 Å². The first kappa shape index (κ1) is 16.6. The van der Waals surface area contributed by atoms with Gasteiger partial charge >= 0.3 is 5.97 Å². The molecule has 8 heteroatoms. The van der Waals surface area contributed by atoms with Gasteiger partial charge in [0.1, 0.15) is 23.6 Å². The second-order valence-electron chi connectivity index (χ2n) is 5.21. The van der Waals surface area contributed by atoms with Crippen LogP contribution in [0.15, 0.2) is 41.1 Å². The zero-order valence-electron chi connectivity index (χ0n) is 14.1. The van der Waals surface area contributed by atoms with E-state index in [4.69, 9.17) is 18.7 Å². The summed E-state index contributed by atoms with van der Waals surface area (Å²) in [6.45, 7) is -0.0173. The number of carbonyl (C=O) groups is 1. The van der Waals surface area contributed by atoms with Crippen LogP contribution in [0.5, 0.6) is 11.6 Å². The number of hydrogen-bond acceptors (Lipinski definition) is 7. The number of methoxy groups -OCH3 is 2. The van der Waals surface area contributed by atoms with Crippen LogP contribution in [0.25, 0.3) is 11.3 Å². The SMILES string of the molecule is COc1ccc(-c2cc(COC(=O)c3cn(C)nc3OC)no2)cc1. The minimum absolute atomic E-state index is 0.0173. The fourth-order valence-corrected chi connectivity index (χ4v) is 2.25. The number of carbonyl (C=O) groups excluding carboxylic acids is 1. The highest BCUT2D eigenvalue weighted by molar-refractivity contribution is 5.91. The third kappa shape index (κ3) is 3.63. The second kappa shape index (κ2) is 7.08. The fourth-order valence-electron chi connectivity index (χ4n) is 2.25. The predicted molar refractivity (Wildman–Crippen MR) is 87.4 cm³/mol. The zero-order valence-corrected chi connectivity index (χ0v) is 14.1. The van der Waals surface area contributed by atoms with Gasteiger partial charge in [0.2, 0.25) is 5.88 Å². The molecule has 0 fully saturated rings. The average Bonchev–Trinajstić information content (AvgIpc) is 3.26. The number of rotatable bonds is 6. The van der Waals surface area contributed by atoms with Crippen LogP contribution in [0.4, 0.5) is 0 Å². The topological polar surface area (TPSA) is 88.6 Å². The lowest BCUT2D eigenvalue weighted by molar-refractivity contribution is 0.0460. The molecular weight excluding hydrogens is 326 g/mol. The maximum atomic E-state index is 12.1. The van der Waals surface area contributed by atoms with E-state index in [-0.39, 0.29) is 18.1 Å². The molecule has 0 bridgehead atoms. The molecule has 1 aromatic carbocycles. The molecule has 3 aromatic rings. The standard InChI is InChI=1S/C17H17N3O5/c1-20-9-14(16(18-20)23-3)17(21)24-10-12-8-15(25-19-12)11-4-6-13(22-2)7-5-11/h4-9H,10H2,1-3H3. The lowest BCUT2D eigenvalue weighted by Gasteiger charge is -2.01. The van der Waals surface area contributed by atoms with Crippen molar-refractivity contribution in [1.82, 2.24) is 14.9 Å². The molecule has 2 heterocycles. The number of esters is 1. The highest BCUT2D eigenvalue weighted by atomic mass is 16.5. The highest BCUT2D eigenvalue weighted by Gasteiger charge is 2.18. The van der Waals surface area contributed by atoms with E-state index in [0.717, 1.165) is 11.3 Å². The van der Waals surface area contributed by atoms with E-state index in [1.807, 2.05) is 24.3 Å². The van der Waals surface area contributed by atoms with Gasteiger partial charge in [-0.1, -0.05) is 5.16 Å². The third-order valence-electron chi connectivity index (χ3n) is 3.49. The van der Waals surface area contributed by atoms with Crippen LogP contribution in [0.2, 0.25) is 0 Å². The van der Waals surface area contributed by atoms with Crippen LogP contribution >= 0.6 is 0 Å². The van der Waals surface area contributed by atoms with E-state index >= 15 is 0 Å². The Morgan fingerprint density at radius 1 is 1.20 bits per heavy atom. The van der Waals surface area contributed by atoms with E-state index in [1.165, 1.54) is 18.0 Å². The number of aryl methyl sites for hydroxylation is 1. The Bertz CT molecular complexity index is 867. The summed E-state index contributed by atoms with van der Waals surface area (Å²) in [5.74, 6) is 1.00. The van der Waals surface area contributed by atoms with Gasteiger partial charge in [-0.05, 0) is 24.3 Å². The molecule has 0 aliphatic rings. The first-order chi connectivity index (χ1) is 12.1. The molecule has 3 rings (SSSR count). The van der Waals surface area contributed by atoms with E-state index in [1.54, 1.807) is 20.2 Å². The van der Waals surface area contributed by atoms with Gasteiger partial charge in [0, 0.05) is 24.9 Å². The zero-order chi connectivity index (χ0) is 17.8. The van der Waals surface area contributed by atoms with Gasteiger partial charge in [-0.3, -0.25) is 4.68 Å². The van der Waals surface area contributed by atoms with Crippen molar-refractivity contribution in [2.75, 3.05) is 14.2 Å². The maximum absolute atomic E-state index is 12.1. The smallest absolute Gasteiger partial charge is 0.345 e. The Hall–Kier alpha value is -3.29. The van der Waals surface area contributed by atoms with Gasteiger partial charge in [-0.2, -0.15) is 0 Å². The molecule has 0 N–H and O–H groups in total. The fraction of sp³-hybridized carbons (Fsp3) is 0.235. The summed E-state index contributed by atoms with van der Waals surface area (Å²) in [6, 6.07) is 9.08. The molecule has 0 amide bonds. The minimum Gasteiger partial charge on any atom is -0.497 e. The van der Waals surface area contributed by atoms with E-state index in [0.29, 0.717) is 11.5 Å². The first-order valence-corrected chi connectivity index (χ1v) is 7.45. The van der Waals surface area contributed by atoms with Gasteiger partial charge in [0.15, 0.2) is 5.76 Å². The highest BCUT2D eigenvalue weighted by Crippen LogP contribution is 2.23. The van der Waals surface area contributed by atoms with Crippen LogP contribution in [0.1, 0.15) is 16.1 Å². The Morgan fingerprint density at radius 2 is 1.96 bits per heavy atom. The lowest BCUT2D eigenvalue weighted by Crippen LogP contribution is -2.06. The molecule has 130 valence electrons.